The second-order valence-corrected chi connectivity index (χ2v) is 6.57. The number of aromatic nitrogens is 1. The summed E-state index contributed by atoms with van der Waals surface area (Å²) in [5.41, 5.74) is 3.42. The Morgan fingerprint density at radius 2 is 1.82 bits per heavy atom. The molecule has 3 aromatic rings. The highest BCUT2D eigenvalue weighted by Gasteiger charge is 2.08. The number of aromatic amines is 1. The van der Waals surface area contributed by atoms with Gasteiger partial charge in [-0.05, 0) is 55.5 Å². The number of hydrogen-bond acceptors (Lipinski definition) is 2. The first kappa shape index (κ1) is 14.5. The molecule has 0 aliphatic carbocycles. The molecule has 1 unspecified atom stereocenters. The number of fused-ring (bicyclic) bond motifs is 1. The molecule has 1 heterocycles. The summed E-state index contributed by atoms with van der Waals surface area (Å²) in [6.45, 7) is 2.00. The van der Waals surface area contributed by atoms with Gasteiger partial charge in [0.1, 0.15) is 0 Å². The van der Waals surface area contributed by atoms with Gasteiger partial charge >= 0.3 is 0 Å². The van der Waals surface area contributed by atoms with Crippen LogP contribution in [0.3, 0.4) is 0 Å². The van der Waals surface area contributed by atoms with Gasteiger partial charge in [0.05, 0.1) is 0 Å². The van der Waals surface area contributed by atoms with Crippen LogP contribution >= 0.6 is 0 Å². The molecule has 1 amide bonds. The lowest BCUT2D eigenvalue weighted by atomic mass is 10.2. The van der Waals surface area contributed by atoms with Gasteiger partial charge in [-0.3, -0.25) is 9.00 Å². The highest BCUT2D eigenvalue weighted by Crippen LogP contribution is 2.20. The van der Waals surface area contributed by atoms with E-state index >= 15 is 0 Å². The summed E-state index contributed by atoms with van der Waals surface area (Å²) >= 11 is 0. The Bertz CT molecular complexity index is 866. The molecule has 3 rings (SSSR count). The summed E-state index contributed by atoms with van der Waals surface area (Å²) in [7, 11) is -1.04. The Hall–Kier alpha value is -2.40. The van der Waals surface area contributed by atoms with E-state index in [1.807, 2.05) is 31.2 Å². The maximum absolute atomic E-state index is 12.2. The smallest absolute Gasteiger partial charge is 0.255 e. The van der Waals surface area contributed by atoms with Gasteiger partial charge in [-0.15, -0.1) is 0 Å². The van der Waals surface area contributed by atoms with Gasteiger partial charge in [-0.2, -0.15) is 0 Å². The molecule has 2 N–H and O–H groups in total. The largest absolute Gasteiger partial charge is 0.359 e. The van der Waals surface area contributed by atoms with Crippen LogP contribution in [-0.4, -0.2) is 21.4 Å². The molecule has 0 aliphatic rings. The topological polar surface area (TPSA) is 62.0 Å². The van der Waals surface area contributed by atoms with Crippen LogP contribution in [0.1, 0.15) is 16.1 Å². The van der Waals surface area contributed by atoms with Gasteiger partial charge < -0.3 is 10.3 Å². The fourth-order valence-corrected chi connectivity index (χ4v) is 2.88. The fraction of sp³-hybridized carbons (Fsp3) is 0.118. The maximum atomic E-state index is 12.2. The van der Waals surface area contributed by atoms with Crippen molar-refractivity contribution in [1.29, 1.82) is 0 Å². The number of aryl methyl sites for hydroxylation is 1. The molecule has 0 saturated carbocycles. The Kier molecular flexibility index (Phi) is 3.81. The lowest BCUT2D eigenvalue weighted by Gasteiger charge is -2.06. The first-order valence-electron chi connectivity index (χ1n) is 6.87. The Labute approximate surface area is 131 Å². The first-order valence-corrected chi connectivity index (χ1v) is 8.43. The van der Waals surface area contributed by atoms with Crippen LogP contribution in [0, 0.1) is 6.92 Å². The molecule has 0 bridgehead atoms. The number of H-pyrrole nitrogens is 1. The van der Waals surface area contributed by atoms with Crippen molar-refractivity contribution in [2.45, 2.75) is 11.8 Å². The number of benzene rings is 2. The minimum atomic E-state index is -1.04. The van der Waals surface area contributed by atoms with Crippen molar-refractivity contribution in [3.63, 3.8) is 0 Å². The van der Waals surface area contributed by atoms with E-state index < -0.39 is 10.8 Å². The molecule has 4 nitrogen and oxygen atoms in total. The van der Waals surface area contributed by atoms with E-state index in [9.17, 15) is 9.00 Å². The zero-order chi connectivity index (χ0) is 15.7. The SMILES string of the molecule is Cc1cc2cc(NC(=O)c3ccc(S(C)=O)cc3)ccc2[nH]1. The van der Waals surface area contributed by atoms with E-state index in [2.05, 4.69) is 10.3 Å². The number of carbonyl (C=O) groups is 1. The maximum Gasteiger partial charge on any atom is 0.255 e. The van der Waals surface area contributed by atoms with Crippen LogP contribution in [0.25, 0.3) is 10.9 Å². The minimum Gasteiger partial charge on any atom is -0.359 e. The minimum absolute atomic E-state index is 0.181. The van der Waals surface area contributed by atoms with Crippen molar-refractivity contribution in [1.82, 2.24) is 4.98 Å². The predicted octanol–water partition coefficient (Wildman–Crippen LogP) is 3.47. The van der Waals surface area contributed by atoms with Gasteiger partial charge in [0.2, 0.25) is 0 Å². The van der Waals surface area contributed by atoms with Crippen LogP contribution in [-0.2, 0) is 10.8 Å². The summed E-state index contributed by atoms with van der Waals surface area (Å²) in [6.07, 6.45) is 1.61. The van der Waals surface area contributed by atoms with Crippen molar-refractivity contribution in [3.05, 3.63) is 59.8 Å². The number of amides is 1. The molecular weight excluding hydrogens is 296 g/mol. The standard InChI is InChI=1S/C17H16N2O2S/c1-11-9-13-10-14(5-8-16(13)18-11)19-17(20)12-3-6-15(7-4-12)22(2)21/h3-10,18H,1-2H3,(H,19,20). The monoisotopic (exact) mass is 312 g/mol. The first-order chi connectivity index (χ1) is 10.5. The van der Waals surface area contributed by atoms with Crippen LogP contribution in [0.2, 0.25) is 0 Å². The molecule has 2 aromatic carbocycles. The summed E-state index contributed by atoms with van der Waals surface area (Å²) in [5, 5.41) is 3.94. The van der Waals surface area contributed by atoms with Crippen LogP contribution in [0.5, 0.6) is 0 Å². The van der Waals surface area contributed by atoms with Crippen molar-refractivity contribution in [2.24, 2.45) is 0 Å². The van der Waals surface area contributed by atoms with Gasteiger partial charge in [-0.1, -0.05) is 0 Å². The van der Waals surface area contributed by atoms with Crippen molar-refractivity contribution >= 4 is 33.3 Å². The third-order valence-corrected chi connectivity index (χ3v) is 4.40. The van der Waals surface area contributed by atoms with Crippen molar-refractivity contribution in [2.75, 3.05) is 11.6 Å². The van der Waals surface area contributed by atoms with E-state index in [0.717, 1.165) is 22.3 Å². The zero-order valence-electron chi connectivity index (χ0n) is 12.3. The average Bonchev–Trinajstić information content (AvgIpc) is 2.86. The number of carbonyl (C=O) groups excluding carboxylic acids is 1. The Morgan fingerprint density at radius 1 is 1.09 bits per heavy atom. The third kappa shape index (κ3) is 2.94. The number of rotatable bonds is 3. The van der Waals surface area contributed by atoms with E-state index in [0.29, 0.717) is 10.5 Å². The molecule has 0 saturated heterocycles. The average molecular weight is 312 g/mol. The molecular formula is C17H16N2O2S. The van der Waals surface area contributed by atoms with Crippen LogP contribution in [0.4, 0.5) is 5.69 Å². The molecule has 22 heavy (non-hydrogen) atoms. The lowest BCUT2D eigenvalue weighted by Crippen LogP contribution is -2.11. The van der Waals surface area contributed by atoms with Crippen molar-refractivity contribution < 1.29 is 9.00 Å². The normalized spacial score (nSPS) is 12.3. The highest BCUT2D eigenvalue weighted by atomic mass is 32.2. The molecule has 0 aliphatic heterocycles. The summed E-state index contributed by atoms with van der Waals surface area (Å²) < 4.78 is 11.4. The fourth-order valence-electron chi connectivity index (χ4n) is 2.36. The Morgan fingerprint density at radius 3 is 2.50 bits per heavy atom. The quantitative estimate of drug-likeness (QED) is 0.778. The second kappa shape index (κ2) is 5.77. The second-order valence-electron chi connectivity index (χ2n) is 5.19. The van der Waals surface area contributed by atoms with Crippen LogP contribution in [0.15, 0.2) is 53.4 Å². The molecule has 1 aromatic heterocycles. The molecule has 0 radical (unpaired) electrons. The summed E-state index contributed by atoms with van der Waals surface area (Å²) in [6, 6.07) is 14.6. The molecule has 1 atom stereocenters. The molecule has 0 spiro atoms. The van der Waals surface area contributed by atoms with Gasteiger partial charge in [0.25, 0.3) is 5.91 Å². The Balaban J connectivity index is 1.81. The van der Waals surface area contributed by atoms with E-state index in [4.69, 9.17) is 0 Å². The molecule has 112 valence electrons. The van der Waals surface area contributed by atoms with Crippen molar-refractivity contribution in [3.8, 4) is 0 Å². The highest BCUT2D eigenvalue weighted by molar-refractivity contribution is 7.84. The summed E-state index contributed by atoms with van der Waals surface area (Å²) in [4.78, 5) is 16.2. The molecule has 0 fully saturated rings. The van der Waals surface area contributed by atoms with E-state index in [-0.39, 0.29) is 5.91 Å². The van der Waals surface area contributed by atoms with E-state index in [1.54, 1.807) is 30.5 Å². The predicted molar refractivity (Wildman–Crippen MR) is 89.8 cm³/mol. The van der Waals surface area contributed by atoms with Gasteiger partial charge in [0.15, 0.2) is 0 Å². The zero-order valence-corrected chi connectivity index (χ0v) is 13.2. The van der Waals surface area contributed by atoms with Crippen LogP contribution < -0.4 is 5.32 Å². The molecule has 5 heteroatoms. The lowest BCUT2D eigenvalue weighted by molar-refractivity contribution is 0.102. The number of nitrogens with one attached hydrogen (secondary N) is 2. The van der Waals surface area contributed by atoms with Gasteiger partial charge in [0, 0.05) is 49.8 Å². The number of hydrogen-bond donors (Lipinski definition) is 2. The third-order valence-electron chi connectivity index (χ3n) is 3.46. The van der Waals surface area contributed by atoms with Gasteiger partial charge in [-0.25, -0.2) is 0 Å². The summed E-state index contributed by atoms with van der Waals surface area (Å²) in [5.74, 6) is -0.181. The number of anilines is 1. The van der Waals surface area contributed by atoms with E-state index in [1.165, 1.54) is 0 Å².